The molecule has 1 aromatic carbocycles. The highest BCUT2D eigenvalue weighted by atomic mass is 79.9. The van der Waals surface area contributed by atoms with Crippen molar-refractivity contribution in [2.24, 2.45) is 5.92 Å². The molecule has 2 N–H and O–H groups in total. The highest BCUT2D eigenvalue weighted by Crippen LogP contribution is 2.15. The first kappa shape index (κ1) is 16.5. The molecule has 1 saturated heterocycles. The molecule has 5 heteroatoms. The van der Waals surface area contributed by atoms with Gasteiger partial charge in [-0.15, -0.1) is 12.4 Å². The number of rotatable bonds is 4. The van der Waals surface area contributed by atoms with Crippen LogP contribution in [0.5, 0.6) is 0 Å². The molecular formula is C14H20BrClN2O. The first-order chi connectivity index (χ1) is 8.65. The van der Waals surface area contributed by atoms with Gasteiger partial charge in [-0.3, -0.25) is 4.79 Å². The minimum atomic E-state index is 0. The van der Waals surface area contributed by atoms with Crippen LogP contribution in [0.1, 0.15) is 28.8 Å². The first-order valence-electron chi connectivity index (χ1n) is 6.41. The van der Waals surface area contributed by atoms with E-state index in [4.69, 9.17) is 0 Å². The maximum atomic E-state index is 12.0. The second-order valence-electron chi connectivity index (χ2n) is 4.92. The molecule has 1 heterocycles. The molecule has 0 radical (unpaired) electrons. The van der Waals surface area contributed by atoms with Crippen molar-refractivity contribution in [3.8, 4) is 0 Å². The van der Waals surface area contributed by atoms with E-state index in [0.29, 0.717) is 0 Å². The van der Waals surface area contributed by atoms with Crippen molar-refractivity contribution >= 4 is 34.2 Å². The Labute approximate surface area is 129 Å². The van der Waals surface area contributed by atoms with Gasteiger partial charge in [0.1, 0.15) is 0 Å². The Bertz CT molecular complexity index is 413. The molecule has 1 fully saturated rings. The topological polar surface area (TPSA) is 41.1 Å². The second kappa shape index (κ2) is 7.88. The average molecular weight is 348 g/mol. The van der Waals surface area contributed by atoms with Crippen molar-refractivity contribution in [3.05, 3.63) is 33.8 Å². The molecule has 1 amide bonds. The lowest BCUT2D eigenvalue weighted by molar-refractivity contribution is 0.0951. The van der Waals surface area contributed by atoms with E-state index in [1.54, 1.807) is 0 Å². The van der Waals surface area contributed by atoms with Crippen LogP contribution in [0, 0.1) is 12.8 Å². The second-order valence-corrected chi connectivity index (χ2v) is 5.84. The number of benzene rings is 1. The lowest BCUT2D eigenvalue weighted by Gasteiger charge is -2.10. The number of carbonyl (C=O) groups excluding carboxylic acids is 1. The van der Waals surface area contributed by atoms with Crippen molar-refractivity contribution in [2.75, 3.05) is 19.6 Å². The number of halogens is 2. The lowest BCUT2D eigenvalue weighted by Crippen LogP contribution is -2.26. The van der Waals surface area contributed by atoms with Gasteiger partial charge in [-0.25, -0.2) is 0 Å². The Kier molecular flexibility index (Phi) is 6.83. The summed E-state index contributed by atoms with van der Waals surface area (Å²) in [4.78, 5) is 12.0. The molecule has 19 heavy (non-hydrogen) atoms. The predicted octanol–water partition coefficient (Wildman–Crippen LogP) is 2.91. The summed E-state index contributed by atoms with van der Waals surface area (Å²) >= 11 is 3.42. The van der Waals surface area contributed by atoms with Crippen molar-refractivity contribution < 1.29 is 4.79 Å². The zero-order valence-electron chi connectivity index (χ0n) is 11.0. The third-order valence-corrected chi connectivity index (χ3v) is 3.76. The van der Waals surface area contributed by atoms with Gasteiger partial charge in [0, 0.05) is 16.6 Å². The van der Waals surface area contributed by atoms with E-state index in [1.807, 2.05) is 25.1 Å². The molecule has 0 bridgehead atoms. The molecule has 0 spiro atoms. The van der Waals surface area contributed by atoms with Crippen LogP contribution in [-0.2, 0) is 0 Å². The lowest BCUT2D eigenvalue weighted by atomic mass is 10.1. The van der Waals surface area contributed by atoms with Gasteiger partial charge >= 0.3 is 0 Å². The molecule has 1 unspecified atom stereocenters. The highest BCUT2D eigenvalue weighted by Gasteiger charge is 2.14. The van der Waals surface area contributed by atoms with E-state index in [9.17, 15) is 4.79 Å². The zero-order chi connectivity index (χ0) is 13.0. The molecular weight excluding hydrogens is 328 g/mol. The molecule has 106 valence electrons. The number of aryl methyl sites for hydroxylation is 1. The molecule has 1 aliphatic rings. The normalized spacial score (nSPS) is 17.9. The van der Waals surface area contributed by atoms with Crippen molar-refractivity contribution in [2.45, 2.75) is 19.8 Å². The Hall–Kier alpha value is -0.580. The van der Waals surface area contributed by atoms with E-state index < -0.39 is 0 Å². The standard InChI is InChI=1S/C14H19BrN2O.ClH/c1-10-6-12(8-13(15)7-10)14(18)17-5-3-11-2-4-16-9-11;/h6-8,11,16H,2-5,9H2,1H3,(H,17,18);1H. The fourth-order valence-electron chi connectivity index (χ4n) is 2.32. The van der Waals surface area contributed by atoms with Crippen molar-refractivity contribution in [3.63, 3.8) is 0 Å². The fraction of sp³-hybridized carbons (Fsp3) is 0.500. The van der Waals surface area contributed by atoms with E-state index in [0.717, 1.165) is 47.6 Å². The van der Waals surface area contributed by atoms with Gasteiger partial charge in [0.15, 0.2) is 0 Å². The monoisotopic (exact) mass is 346 g/mol. The zero-order valence-corrected chi connectivity index (χ0v) is 13.4. The number of nitrogens with one attached hydrogen (secondary N) is 2. The molecule has 0 aliphatic carbocycles. The van der Waals surface area contributed by atoms with Crippen molar-refractivity contribution in [1.29, 1.82) is 0 Å². The van der Waals surface area contributed by atoms with Crippen LogP contribution in [0.25, 0.3) is 0 Å². The van der Waals surface area contributed by atoms with Crippen LogP contribution in [0.15, 0.2) is 22.7 Å². The summed E-state index contributed by atoms with van der Waals surface area (Å²) in [6.45, 7) is 4.96. The number of hydrogen-bond acceptors (Lipinski definition) is 2. The van der Waals surface area contributed by atoms with E-state index in [1.165, 1.54) is 6.42 Å². The minimum absolute atomic E-state index is 0. The summed E-state index contributed by atoms with van der Waals surface area (Å²) in [5.41, 5.74) is 1.82. The van der Waals surface area contributed by atoms with Gasteiger partial charge in [-0.1, -0.05) is 15.9 Å². The smallest absolute Gasteiger partial charge is 0.251 e. The summed E-state index contributed by atoms with van der Waals surface area (Å²) in [6.07, 6.45) is 2.29. The van der Waals surface area contributed by atoms with Crippen LogP contribution in [0.4, 0.5) is 0 Å². The van der Waals surface area contributed by atoms with Gasteiger partial charge < -0.3 is 10.6 Å². The third-order valence-electron chi connectivity index (χ3n) is 3.30. The number of carbonyl (C=O) groups is 1. The Balaban J connectivity index is 0.00000180. The van der Waals surface area contributed by atoms with Gasteiger partial charge in [0.05, 0.1) is 0 Å². The molecule has 2 rings (SSSR count). The molecule has 3 nitrogen and oxygen atoms in total. The maximum absolute atomic E-state index is 12.0. The molecule has 1 atom stereocenters. The first-order valence-corrected chi connectivity index (χ1v) is 7.20. The van der Waals surface area contributed by atoms with E-state index in [2.05, 4.69) is 26.6 Å². The van der Waals surface area contributed by atoms with Gasteiger partial charge in [-0.05, 0) is 62.5 Å². The van der Waals surface area contributed by atoms with E-state index >= 15 is 0 Å². The predicted molar refractivity (Wildman–Crippen MR) is 84.1 cm³/mol. The summed E-state index contributed by atoms with van der Waals surface area (Å²) in [5.74, 6) is 0.736. The Morgan fingerprint density at radius 1 is 1.47 bits per heavy atom. The van der Waals surface area contributed by atoms with E-state index in [-0.39, 0.29) is 18.3 Å². The summed E-state index contributed by atoms with van der Waals surface area (Å²) < 4.78 is 0.952. The molecule has 0 aromatic heterocycles. The van der Waals surface area contributed by atoms with Gasteiger partial charge in [0.2, 0.25) is 0 Å². The van der Waals surface area contributed by atoms with Crippen LogP contribution >= 0.6 is 28.3 Å². The summed E-state index contributed by atoms with van der Waals surface area (Å²) in [5, 5.41) is 6.33. The minimum Gasteiger partial charge on any atom is -0.352 e. The third kappa shape index (κ3) is 5.13. The van der Waals surface area contributed by atoms with Crippen LogP contribution in [0.2, 0.25) is 0 Å². The van der Waals surface area contributed by atoms with Crippen LogP contribution < -0.4 is 10.6 Å². The van der Waals surface area contributed by atoms with Crippen LogP contribution in [-0.4, -0.2) is 25.5 Å². The van der Waals surface area contributed by atoms with Gasteiger partial charge in [-0.2, -0.15) is 0 Å². The largest absolute Gasteiger partial charge is 0.352 e. The summed E-state index contributed by atoms with van der Waals surface area (Å²) in [6, 6.07) is 5.78. The Morgan fingerprint density at radius 2 is 2.26 bits per heavy atom. The number of hydrogen-bond donors (Lipinski definition) is 2. The van der Waals surface area contributed by atoms with Crippen LogP contribution in [0.3, 0.4) is 0 Å². The van der Waals surface area contributed by atoms with Crippen molar-refractivity contribution in [1.82, 2.24) is 10.6 Å². The highest BCUT2D eigenvalue weighted by molar-refractivity contribution is 9.10. The molecule has 1 aromatic rings. The quantitative estimate of drug-likeness (QED) is 0.879. The molecule has 0 saturated carbocycles. The summed E-state index contributed by atoms with van der Waals surface area (Å²) in [7, 11) is 0. The number of amides is 1. The molecule has 1 aliphatic heterocycles. The van der Waals surface area contributed by atoms with Gasteiger partial charge in [0.25, 0.3) is 5.91 Å². The maximum Gasteiger partial charge on any atom is 0.251 e. The Morgan fingerprint density at radius 3 is 2.89 bits per heavy atom. The SMILES string of the molecule is Cc1cc(Br)cc(C(=O)NCCC2CCNC2)c1.Cl. The average Bonchev–Trinajstić information content (AvgIpc) is 2.80. The fourth-order valence-corrected chi connectivity index (χ4v) is 2.93.